The van der Waals surface area contributed by atoms with Gasteiger partial charge in [0, 0.05) is 68.0 Å². The van der Waals surface area contributed by atoms with Crippen LogP contribution in [0.4, 0.5) is 27.3 Å². The van der Waals surface area contributed by atoms with E-state index in [-0.39, 0.29) is 65.0 Å². The summed E-state index contributed by atoms with van der Waals surface area (Å²) in [6, 6.07) is 11.0. The number of fused-ring (bicyclic) bond motifs is 2. The van der Waals surface area contributed by atoms with Crippen LogP contribution in [0.15, 0.2) is 67.0 Å². The Kier molecular flexibility index (Phi) is 13.2. The SMILES string of the molecule is CNC(=O)CCC(C=O)N1C(=O)c2cccc(NCC(=O)NC3CCN(C/C=C/C(=O)Nc4cc5c(Nc6ccc(F)c(Cl)c6)ncnc5cc4OC)CC3)c2C1=O. The third-order valence-corrected chi connectivity index (χ3v) is 10.1. The topological polar surface area (TPSA) is 204 Å². The zero-order valence-corrected chi connectivity index (χ0v) is 32.4. The van der Waals surface area contributed by atoms with E-state index in [9.17, 15) is 33.2 Å². The van der Waals surface area contributed by atoms with Crippen LogP contribution in [-0.2, 0) is 19.2 Å². The van der Waals surface area contributed by atoms with Crippen molar-refractivity contribution in [1.82, 2.24) is 30.4 Å². The first-order valence-electron chi connectivity index (χ1n) is 18.4. The maximum Gasteiger partial charge on any atom is 0.264 e. The lowest BCUT2D eigenvalue weighted by Gasteiger charge is -2.31. The highest BCUT2D eigenvalue weighted by Crippen LogP contribution is 2.34. The number of nitrogens with one attached hydrogen (secondary N) is 5. The van der Waals surface area contributed by atoms with E-state index in [4.69, 9.17) is 16.3 Å². The molecule has 5 amide bonds. The highest BCUT2D eigenvalue weighted by molar-refractivity contribution is 6.31. The summed E-state index contributed by atoms with van der Waals surface area (Å²) in [5.41, 5.74) is 1.93. The second-order valence-corrected chi connectivity index (χ2v) is 14.0. The molecule has 302 valence electrons. The number of nitrogens with zero attached hydrogens (tertiary/aromatic N) is 4. The molecule has 0 spiro atoms. The molecule has 3 heterocycles. The summed E-state index contributed by atoms with van der Waals surface area (Å²) in [6.07, 6.45) is 6.35. The molecule has 0 radical (unpaired) electrons. The lowest BCUT2D eigenvalue weighted by molar-refractivity contribution is -0.121. The Balaban J connectivity index is 0.972. The van der Waals surface area contributed by atoms with Crippen LogP contribution >= 0.6 is 11.6 Å². The second-order valence-electron chi connectivity index (χ2n) is 13.6. The summed E-state index contributed by atoms with van der Waals surface area (Å²) in [6.45, 7) is 1.70. The standard InChI is InChI=1S/C40H41ClFN9O7/c1-43-34(53)11-9-25(21-52)51-39(56)26-5-3-6-30(37(26)40(51)57)44-20-36(55)47-23-12-15-50(16-13-23)14-4-7-35(54)49-32-18-27-31(19-33(32)58-2)45-22-46-38(27)48-24-8-10-29(42)28(41)17-24/h3-8,10,17-19,21-23,25,44H,9,11-16,20H2,1-2H3,(H,43,53)(H,47,55)(H,49,54)(H,45,46,48)/b7-4+. The van der Waals surface area contributed by atoms with Gasteiger partial charge in [-0.3, -0.25) is 33.8 Å². The smallest absolute Gasteiger partial charge is 0.264 e. The number of hydrogen-bond acceptors (Lipinski definition) is 12. The quantitative estimate of drug-likeness (QED) is 0.0618. The number of rotatable bonds is 16. The van der Waals surface area contributed by atoms with Crippen molar-refractivity contribution in [2.45, 2.75) is 37.8 Å². The number of aldehydes is 1. The number of aromatic nitrogens is 2. The Hall–Kier alpha value is -6.46. The molecule has 0 bridgehead atoms. The van der Waals surface area contributed by atoms with Gasteiger partial charge in [0.05, 0.1) is 47.1 Å². The molecule has 3 aromatic carbocycles. The first kappa shape index (κ1) is 41.2. The summed E-state index contributed by atoms with van der Waals surface area (Å²) in [7, 11) is 2.94. The maximum atomic E-state index is 13.7. The molecule has 16 nitrogen and oxygen atoms in total. The van der Waals surface area contributed by atoms with Gasteiger partial charge in [-0.1, -0.05) is 23.7 Å². The van der Waals surface area contributed by atoms with E-state index in [1.165, 1.54) is 50.8 Å². The lowest BCUT2D eigenvalue weighted by Crippen LogP contribution is -2.46. The first-order chi connectivity index (χ1) is 28.0. The Morgan fingerprint density at radius 2 is 1.83 bits per heavy atom. The third kappa shape index (κ3) is 9.55. The monoisotopic (exact) mass is 813 g/mol. The van der Waals surface area contributed by atoms with Crippen molar-refractivity contribution in [3.05, 3.63) is 89.0 Å². The molecular formula is C40H41ClFN9O7. The lowest BCUT2D eigenvalue weighted by atomic mass is 10.0. The average Bonchev–Trinajstić information content (AvgIpc) is 3.48. The van der Waals surface area contributed by atoms with Crippen LogP contribution in [0, 0.1) is 5.82 Å². The van der Waals surface area contributed by atoms with Crippen LogP contribution in [0.3, 0.4) is 0 Å². The normalized spacial score (nSPS) is 14.9. The summed E-state index contributed by atoms with van der Waals surface area (Å²) >= 11 is 5.94. The minimum absolute atomic E-state index is 0.0126. The van der Waals surface area contributed by atoms with Gasteiger partial charge < -0.3 is 36.1 Å². The molecule has 18 heteroatoms. The Labute approximate surface area is 337 Å². The van der Waals surface area contributed by atoms with Gasteiger partial charge in [-0.15, -0.1) is 0 Å². The number of imide groups is 1. The van der Waals surface area contributed by atoms with Gasteiger partial charge in [0.15, 0.2) is 0 Å². The molecule has 2 aliphatic rings. The number of benzene rings is 3. The molecule has 1 unspecified atom stereocenters. The molecule has 1 atom stereocenters. The predicted octanol–water partition coefficient (Wildman–Crippen LogP) is 4.05. The zero-order chi connectivity index (χ0) is 41.3. The van der Waals surface area contributed by atoms with Crippen molar-refractivity contribution in [2.24, 2.45) is 0 Å². The third-order valence-electron chi connectivity index (χ3n) is 9.80. The van der Waals surface area contributed by atoms with Crippen molar-refractivity contribution < 1.29 is 37.9 Å². The van der Waals surface area contributed by atoms with Crippen LogP contribution in [0.2, 0.25) is 5.02 Å². The fourth-order valence-corrected chi connectivity index (χ4v) is 6.95. The van der Waals surface area contributed by atoms with E-state index in [2.05, 4.69) is 41.5 Å². The van der Waals surface area contributed by atoms with E-state index < -0.39 is 23.7 Å². The molecule has 1 saturated heterocycles. The summed E-state index contributed by atoms with van der Waals surface area (Å²) in [5.74, 6) is -2.04. The van der Waals surface area contributed by atoms with Crippen molar-refractivity contribution >= 4 is 81.2 Å². The number of anilines is 4. The number of carbonyl (C=O) groups excluding carboxylic acids is 6. The molecule has 4 aromatic rings. The molecule has 1 aromatic heterocycles. The Morgan fingerprint density at radius 1 is 1.03 bits per heavy atom. The molecule has 2 aliphatic heterocycles. The van der Waals surface area contributed by atoms with Gasteiger partial charge >= 0.3 is 0 Å². The van der Waals surface area contributed by atoms with Gasteiger partial charge in [-0.25, -0.2) is 14.4 Å². The second kappa shape index (κ2) is 18.7. The summed E-state index contributed by atoms with van der Waals surface area (Å²) in [5, 5.41) is 14.9. The van der Waals surface area contributed by atoms with Crippen molar-refractivity contribution in [1.29, 1.82) is 0 Å². The predicted molar refractivity (Wildman–Crippen MR) is 215 cm³/mol. The van der Waals surface area contributed by atoms with Crippen LogP contribution in [-0.4, -0.2) is 108 Å². The molecule has 1 fully saturated rings. The van der Waals surface area contributed by atoms with E-state index in [0.717, 1.165) is 4.90 Å². The number of hydrogen-bond donors (Lipinski definition) is 5. The molecule has 5 N–H and O–H groups in total. The minimum atomic E-state index is -1.11. The summed E-state index contributed by atoms with van der Waals surface area (Å²) < 4.78 is 19.2. The highest BCUT2D eigenvalue weighted by Gasteiger charge is 2.41. The number of ether oxygens (including phenoxy) is 1. The number of methoxy groups -OCH3 is 1. The first-order valence-corrected chi connectivity index (χ1v) is 18.8. The molecule has 58 heavy (non-hydrogen) atoms. The van der Waals surface area contributed by atoms with Crippen LogP contribution in [0.1, 0.15) is 46.4 Å². The van der Waals surface area contributed by atoms with Crippen molar-refractivity contribution in [2.75, 3.05) is 56.3 Å². The fourth-order valence-electron chi connectivity index (χ4n) is 6.77. The number of likely N-dealkylation sites (tertiary alicyclic amines) is 1. The number of carbonyl (C=O) groups is 6. The van der Waals surface area contributed by atoms with Gasteiger partial charge in [0.25, 0.3) is 11.8 Å². The molecule has 6 rings (SSSR count). The zero-order valence-electron chi connectivity index (χ0n) is 31.6. The van der Waals surface area contributed by atoms with E-state index in [1.807, 2.05) is 0 Å². The molecule has 0 aliphatic carbocycles. The van der Waals surface area contributed by atoms with Gasteiger partial charge in [-0.2, -0.15) is 0 Å². The van der Waals surface area contributed by atoms with E-state index in [1.54, 1.807) is 30.3 Å². The van der Waals surface area contributed by atoms with Crippen LogP contribution in [0.25, 0.3) is 10.9 Å². The van der Waals surface area contributed by atoms with E-state index >= 15 is 0 Å². The van der Waals surface area contributed by atoms with Crippen LogP contribution < -0.4 is 31.3 Å². The van der Waals surface area contributed by atoms with Gasteiger partial charge in [0.1, 0.15) is 30.0 Å². The largest absolute Gasteiger partial charge is 0.494 e. The average molecular weight is 814 g/mol. The minimum Gasteiger partial charge on any atom is -0.494 e. The van der Waals surface area contributed by atoms with Crippen molar-refractivity contribution in [3.8, 4) is 5.75 Å². The maximum absolute atomic E-state index is 13.7. The number of halogens is 2. The molecule has 0 saturated carbocycles. The van der Waals surface area contributed by atoms with Crippen LogP contribution in [0.5, 0.6) is 5.75 Å². The van der Waals surface area contributed by atoms with E-state index in [0.29, 0.717) is 72.6 Å². The summed E-state index contributed by atoms with van der Waals surface area (Å²) in [4.78, 5) is 87.5. The highest BCUT2D eigenvalue weighted by atomic mass is 35.5. The Bertz CT molecular complexity index is 2280. The fraction of sp³-hybridized carbons (Fsp3) is 0.300. The van der Waals surface area contributed by atoms with Gasteiger partial charge in [0.2, 0.25) is 17.7 Å². The Morgan fingerprint density at radius 3 is 2.55 bits per heavy atom. The molecular weight excluding hydrogens is 773 g/mol. The van der Waals surface area contributed by atoms with Crippen molar-refractivity contribution in [3.63, 3.8) is 0 Å². The van der Waals surface area contributed by atoms with Gasteiger partial charge in [-0.05, 0) is 55.7 Å². The number of piperidine rings is 1. The number of amides is 5.